The maximum atomic E-state index is 13.1. The number of benzene rings is 1. The van der Waals surface area contributed by atoms with E-state index in [9.17, 15) is 4.79 Å². The predicted molar refractivity (Wildman–Crippen MR) is 122 cm³/mol. The molecule has 9 nitrogen and oxygen atoms in total. The summed E-state index contributed by atoms with van der Waals surface area (Å²) in [5, 5.41) is 8.56. The van der Waals surface area contributed by atoms with Gasteiger partial charge in [0.15, 0.2) is 5.65 Å². The van der Waals surface area contributed by atoms with Crippen molar-refractivity contribution in [1.29, 1.82) is 0 Å². The van der Waals surface area contributed by atoms with Crippen LogP contribution < -0.4 is 15.7 Å². The Morgan fingerprint density at radius 1 is 1.03 bits per heavy atom. The predicted octanol–water partition coefficient (Wildman–Crippen LogP) is 1.68. The van der Waals surface area contributed by atoms with E-state index in [1.807, 2.05) is 30.5 Å². The van der Waals surface area contributed by atoms with Crippen molar-refractivity contribution in [2.45, 2.75) is 39.0 Å². The number of nitrogens with one attached hydrogen (secondary N) is 1. The van der Waals surface area contributed by atoms with Gasteiger partial charge in [-0.05, 0) is 43.2 Å². The lowest BCUT2D eigenvalue weighted by molar-refractivity contribution is 0.166. The van der Waals surface area contributed by atoms with Crippen LogP contribution >= 0.6 is 0 Å². The van der Waals surface area contributed by atoms with Gasteiger partial charge in [0, 0.05) is 37.9 Å². The van der Waals surface area contributed by atoms with Gasteiger partial charge in [0.05, 0.1) is 19.0 Å². The molecule has 4 aromatic rings. The first-order valence-corrected chi connectivity index (χ1v) is 10.8. The van der Waals surface area contributed by atoms with Crippen molar-refractivity contribution in [3.63, 3.8) is 0 Å². The molecule has 9 heteroatoms. The van der Waals surface area contributed by atoms with E-state index >= 15 is 0 Å². The van der Waals surface area contributed by atoms with Crippen LogP contribution in [0.15, 0.2) is 47.7 Å². The summed E-state index contributed by atoms with van der Waals surface area (Å²) in [6.45, 7) is 7.57. The highest BCUT2D eigenvalue weighted by atomic mass is 16.5. The standard InChI is InChI=1S/C23H27N7O2/c1-15-10-28(11-16(2)27-15)12-18-8-20-21(24-9-18)29(23(31)30-22(20)25-14-26-30)13-17-4-6-19(32-3)7-5-17/h4-9,14-16,27H,10-13H2,1-3H3. The van der Waals surface area contributed by atoms with Gasteiger partial charge in [-0.15, -0.1) is 0 Å². The summed E-state index contributed by atoms with van der Waals surface area (Å²) >= 11 is 0. The molecule has 0 bridgehead atoms. The fourth-order valence-corrected chi connectivity index (χ4v) is 4.62. The van der Waals surface area contributed by atoms with Crippen LogP contribution in [0.25, 0.3) is 16.7 Å². The molecule has 3 aromatic heterocycles. The number of rotatable bonds is 5. The minimum atomic E-state index is -0.258. The van der Waals surface area contributed by atoms with Crippen LogP contribution in [0.5, 0.6) is 5.75 Å². The number of hydrogen-bond acceptors (Lipinski definition) is 7. The maximum Gasteiger partial charge on any atom is 0.352 e. The average Bonchev–Trinajstić information content (AvgIpc) is 3.27. The Balaban J connectivity index is 1.55. The van der Waals surface area contributed by atoms with Crippen LogP contribution in [0.2, 0.25) is 0 Å². The number of pyridine rings is 1. The molecule has 166 valence electrons. The zero-order valence-electron chi connectivity index (χ0n) is 18.5. The molecule has 0 aliphatic carbocycles. The summed E-state index contributed by atoms with van der Waals surface area (Å²) in [6.07, 6.45) is 3.29. The number of hydrogen-bond donors (Lipinski definition) is 1. The second-order valence-corrected chi connectivity index (χ2v) is 8.59. The second kappa shape index (κ2) is 8.33. The Labute approximate surface area is 185 Å². The Kier molecular flexibility index (Phi) is 5.36. The fourth-order valence-electron chi connectivity index (χ4n) is 4.62. The average molecular weight is 434 g/mol. The Hall–Kier alpha value is -3.30. The molecular weight excluding hydrogens is 406 g/mol. The summed E-state index contributed by atoms with van der Waals surface area (Å²) < 4.78 is 8.24. The monoisotopic (exact) mass is 433 g/mol. The second-order valence-electron chi connectivity index (χ2n) is 8.59. The molecule has 1 N–H and O–H groups in total. The highest BCUT2D eigenvalue weighted by Gasteiger charge is 2.21. The third kappa shape index (κ3) is 3.85. The normalized spacial score (nSPS) is 19.6. The highest BCUT2D eigenvalue weighted by Crippen LogP contribution is 2.20. The van der Waals surface area contributed by atoms with Crippen molar-refractivity contribution in [1.82, 2.24) is 34.4 Å². The van der Waals surface area contributed by atoms with E-state index in [1.54, 1.807) is 11.7 Å². The van der Waals surface area contributed by atoms with Crippen LogP contribution in [0.4, 0.5) is 0 Å². The van der Waals surface area contributed by atoms with E-state index in [4.69, 9.17) is 9.72 Å². The largest absolute Gasteiger partial charge is 0.497 e. The molecule has 4 heterocycles. The SMILES string of the molecule is COc1ccc(Cn2c(=O)n3ncnc3c3cc(CN4CC(C)NC(C)C4)cnc32)cc1. The minimum Gasteiger partial charge on any atom is -0.497 e. The van der Waals surface area contributed by atoms with E-state index < -0.39 is 0 Å². The molecule has 1 aliphatic rings. The summed E-state index contributed by atoms with van der Waals surface area (Å²) in [4.78, 5) is 24.7. The van der Waals surface area contributed by atoms with E-state index in [0.717, 1.165) is 41.9 Å². The first-order chi connectivity index (χ1) is 15.5. The van der Waals surface area contributed by atoms with E-state index in [-0.39, 0.29) is 5.69 Å². The molecule has 0 spiro atoms. The highest BCUT2D eigenvalue weighted by molar-refractivity contribution is 5.89. The van der Waals surface area contributed by atoms with Gasteiger partial charge >= 0.3 is 5.69 Å². The van der Waals surface area contributed by atoms with Crippen molar-refractivity contribution >= 4 is 16.7 Å². The van der Waals surface area contributed by atoms with Crippen LogP contribution in [0.1, 0.15) is 25.0 Å². The molecule has 0 radical (unpaired) electrons. The van der Waals surface area contributed by atoms with Crippen molar-refractivity contribution in [3.8, 4) is 5.75 Å². The quantitative estimate of drug-likeness (QED) is 0.512. The van der Waals surface area contributed by atoms with Crippen molar-refractivity contribution < 1.29 is 4.74 Å². The van der Waals surface area contributed by atoms with E-state index in [0.29, 0.717) is 29.9 Å². The number of aromatic nitrogens is 5. The molecule has 2 unspecified atom stereocenters. The van der Waals surface area contributed by atoms with Gasteiger partial charge in [0.25, 0.3) is 0 Å². The first-order valence-electron chi connectivity index (χ1n) is 10.8. The van der Waals surface area contributed by atoms with E-state index in [2.05, 4.69) is 40.2 Å². The molecular formula is C23H27N7O2. The lowest BCUT2D eigenvalue weighted by Gasteiger charge is -2.36. The Morgan fingerprint density at radius 2 is 1.78 bits per heavy atom. The van der Waals surface area contributed by atoms with Crippen LogP contribution in [0, 0.1) is 0 Å². The topological polar surface area (TPSA) is 89.6 Å². The first kappa shape index (κ1) is 20.6. The molecule has 32 heavy (non-hydrogen) atoms. The molecule has 1 aromatic carbocycles. The lowest BCUT2D eigenvalue weighted by atomic mass is 10.1. The summed E-state index contributed by atoms with van der Waals surface area (Å²) in [5.74, 6) is 0.775. The molecule has 1 saturated heterocycles. The fraction of sp³-hybridized carbons (Fsp3) is 0.391. The van der Waals surface area contributed by atoms with Gasteiger partial charge in [-0.25, -0.2) is 14.8 Å². The molecule has 0 amide bonds. The van der Waals surface area contributed by atoms with Crippen molar-refractivity contribution in [3.05, 3.63) is 64.5 Å². The summed E-state index contributed by atoms with van der Waals surface area (Å²) in [5.41, 5.74) is 2.96. The van der Waals surface area contributed by atoms with Gasteiger partial charge in [-0.3, -0.25) is 9.47 Å². The molecule has 0 saturated carbocycles. The molecule has 2 atom stereocenters. The van der Waals surface area contributed by atoms with E-state index in [1.165, 1.54) is 10.8 Å². The minimum absolute atomic E-state index is 0.258. The zero-order chi connectivity index (χ0) is 22.2. The smallest absolute Gasteiger partial charge is 0.352 e. The van der Waals surface area contributed by atoms with Gasteiger partial charge in [-0.2, -0.15) is 9.61 Å². The molecule has 1 aliphatic heterocycles. The summed E-state index contributed by atoms with van der Waals surface area (Å²) in [6, 6.07) is 10.7. The third-order valence-electron chi connectivity index (χ3n) is 5.92. The number of methoxy groups -OCH3 is 1. The van der Waals surface area contributed by atoms with Gasteiger partial charge in [-0.1, -0.05) is 12.1 Å². The Morgan fingerprint density at radius 3 is 2.50 bits per heavy atom. The van der Waals surface area contributed by atoms with Gasteiger partial charge < -0.3 is 10.1 Å². The maximum absolute atomic E-state index is 13.1. The number of ether oxygens (including phenoxy) is 1. The number of nitrogens with zero attached hydrogens (tertiary/aromatic N) is 6. The molecule has 5 rings (SSSR count). The van der Waals surface area contributed by atoms with Crippen molar-refractivity contribution in [2.75, 3.05) is 20.2 Å². The Bertz CT molecular complexity index is 1300. The molecule has 1 fully saturated rings. The lowest BCUT2D eigenvalue weighted by Crippen LogP contribution is -2.53. The van der Waals surface area contributed by atoms with Crippen molar-refractivity contribution in [2.24, 2.45) is 0 Å². The van der Waals surface area contributed by atoms with Gasteiger partial charge in [0.2, 0.25) is 0 Å². The van der Waals surface area contributed by atoms with Crippen LogP contribution in [-0.2, 0) is 13.1 Å². The third-order valence-corrected chi connectivity index (χ3v) is 5.92. The number of fused-ring (bicyclic) bond motifs is 3. The van der Waals surface area contributed by atoms with Gasteiger partial charge in [0.1, 0.15) is 17.7 Å². The number of piperazine rings is 1. The van der Waals surface area contributed by atoms with Crippen LogP contribution in [-0.4, -0.2) is 61.3 Å². The zero-order valence-corrected chi connectivity index (χ0v) is 18.5. The van der Waals surface area contributed by atoms with Crippen LogP contribution in [0.3, 0.4) is 0 Å². The summed E-state index contributed by atoms with van der Waals surface area (Å²) in [7, 11) is 1.63.